The normalized spacial score (nSPS) is 22.6. The van der Waals surface area contributed by atoms with Gasteiger partial charge < -0.3 is 35.6 Å². The topological polar surface area (TPSA) is 183 Å². The van der Waals surface area contributed by atoms with E-state index in [0.29, 0.717) is 28.7 Å². The highest BCUT2D eigenvalue weighted by Gasteiger charge is 2.55. The summed E-state index contributed by atoms with van der Waals surface area (Å²) >= 11 is 0. The smallest absolute Gasteiger partial charge is 0.225 e. The van der Waals surface area contributed by atoms with Crippen LogP contribution < -0.4 is 10.6 Å². The van der Waals surface area contributed by atoms with Crippen molar-refractivity contribution >= 4 is 29.4 Å². The third-order valence-electron chi connectivity index (χ3n) is 7.55. The number of benzene rings is 1. The van der Waals surface area contributed by atoms with Crippen LogP contribution in [0.5, 0.6) is 5.75 Å². The SMILES string of the molecule is CN(C)c1cc(Cn2ccc(C=O)c2)c(O)c2c1C[C@H]1C[C@@H](CCO)[C@@](O)(C(=O)CC(N)=O)C(O)=C1C2=O. The molecule has 1 heterocycles. The lowest BCUT2D eigenvalue weighted by Crippen LogP contribution is -2.54. The molecule has 0 unspecified atom stereocenters. The Hall–Kier alpha value is -3.96. The molecular weight excluding hydrogens is 494 g/mol. The zero-order valence-electron chi connectivity index (χ0n) is 21.2. The minimum atomic E-state index is -2.58. The number of aliphatic hydroxyl groups is 3. The number of carbonyl (C=O) groups excluding carboxylic acids is 4. The molecule has 1 amide bonds. The average Bonchev–Trinajstić information content (AvgIpc) is 3.30. The van der Waals surface area contributed by atoms with Gasteiger partial charge in [0.1, 0.15) is 11.5 Å². The summed E-state index contributed by atoms with van der Waals surface area (Å²) in [5.41, 5.74) is 4.40. The number of primary amides is 1. The van der Waals surface area contributed by atoms with Gasteiger partial charge in [-0.05, 0) is 42.9 Å². The number of aliphatic hydroxyl groups excluding tert-OH is 2. The maximum Gasteiger partial charge on any atom is 0.225 e. The number of aromatic nitrogens is 1. The number of amides is 1. The quantitative estimate of drug-likeness (QED) is 0.234. The van der Waals surface area contributed by atoms with Crippen LogP contribution in [-0.4, -0.2) is 75.1 Å². The van der Waals surface area contributed by atoms with E-state index in [1.807, 2.05) is 0 Å². The summed E-state index contributed by atoms with van der Waals surface area (Å²) in [6, 6.07) is 3.38. The first-order valence-electron chi connectivity index (χ1n) is 12.2. The van der Waals surface area contributed by atoms with E-state index in [4.69, 9.17) is 5.73 Å². The highest BCUT2D eigenvalue weighted by atomic mass is 16.3. The van der Waals surface area contributed by atoms with E-state index in [1.54, 1.807) is 48.1 Å². The first kappa shape index (κ1) is 27.1. The molecule has 6 N–H and O–H groups in total. The van der Waals surface area contributed by atoms with E-state index in [0.717, 1.165) is 0 Å². The van der Waals surface area contributed by atoms with Crippen molar-refractivity contribution in [2.75, 3.05) is 25.6 Å². The number of hydrogen-bond acceptors (Lipinski definition) is 9. The standard InChI is InChI=1S/C27H31N3O8/c1-29(2)19-9-16(12-30-5-3-14(11-30)13-32)24(35)23-18(19)8-15-7-17(4-6-31)27(38,20(33)10-21(28)34)26(37)22(15)25(23)36/h3,5,9,11,13,15,17,31,35,37-38H,4,6-8,10,12H2,1-2H3,(H2,28,34)/t15-,17-,27-/m1/s1. The molecule has 1 aromatic carbocycles. The van der Waals surface area contributed by atoms with Crippen LogP contribution in [0, 0.1) is 11.8 Å². The van der Waals surface area contributed by atoms with E-state index in [-0.39, 0.29) is 42.7 Å². The summed E-state index contributed by atoms with van der Waals surface area (Å²) < 4.78 is 1.68. The zero-order valence-corrected chi connectivity index (χ0v) is 21.2. The third kappa shape index (κ3) is 4.37. The lowest BCUT2D eigenvalue weighted by Gasteiger charge is -2.44. The Balaban J connectivity index is 1.88. The van der Waals surface area contributed by atoms with Gasteiger partial charge in [-0.1, -0.05) is 0 Å². The van der Waals surface area contributed by atoms with Crippen molar-refractivity contribution in [1.29, 1.82) is 0 Å². The molecule has 202 valence electrons. The second-order valence-corrected chi connectivity index (χ2v) is 10.2. The van der Waals surface area contributed by atoms with Gasteiger partial charge in [-0.15, -0.1) is 0 Å². The summed E-state index contributed by atoms with van der Waals surface area (Å²) in [6.45, 7) is -0.246. The number of carbonyl (C=O) groups is 4. The molecule has 0 fully saturated rings. The lowest BCUT2D eigenvalue weighted by atomic mass is 9.62. The number of aldehydes is 1. The van der Waals surface area contributed by atoms with E-state index < -0.39 is 53.7 Å². The van der Waals surface area contributed by atoms with Crippen LogP contribution in [0.3, 0.4) is 0 Å². The Bertz CT molecular complexity index is 1360. The van der Waals surface area contributed by atoms with E-state index in [1.165, 1.54) is 0 Å². The lowest BCUT2D eigenvalue weighted by molar-refractivity contribution is -0.147. The molecule has 2 aliphatic carbocycles. The van der Waals surface area contributed by atoms with Crippen LogP contribution >= 0.6 is 0 Å². The van der Waals surface area contributed by atoms with Crippen LogP contribution in [0.1, 0.15) is 51.1 Å². The Morgan fingerprint density at radius 1 is 1.29 bits per heavy atom. The number of Topliss-reactive ketones (excluding diaryl/α,β-unsaturated/α-hetero) is 2. The molecule has 2 aromatic rings. The van der Waals surface area contributed by atoms with Crippen LogP contribution in [0.4, 0.5) is 5.69 Å². The molecule has 4 rings (SSSR count). The van der Waals surface area contributed by atoms with Crippen molar-refractivity contribution in [2.45, 2.75) is 37.8 Å². The number of fused-ring (bicyclic) bond motifs is 2. The molecule has 1 aromatic heterocycles. The average molecular weight is 526 g/mol. The molecule has 0 spiro atoms. The molecule has 2 aliphatic rings. The van der Waals surface area contributed by atoms with Gasteiger partial charge in [-0.2, -0.15) is 0 Å². The number of anilines is 1. The molecule has 3 atom stereocenters. The number of nitrogens with two attached hydrogens (primary N) is 1. The Morgan fingerprint density at radius 3 is 2.58 bits per heavy atom. The van der Waals surface area contributed by atoms with Crippen LogP contribution in [0.15, 0.2) is 35.9 Å². The molecule has 11 heteroatoms. The number of ketones is 2. The fourth-order valence-electron chi connectivity index (χ4n) is 5.77. The maximum absolute atomic E-state index is 13.9. The fraction of sp³-hybridized carbons (Fsp3) is 0.407. The van der Waals surface area contributed by atoms with Crippen molar-refractivity contribution in [1.82, 2.24) is 4.57 Å². The third-order valence-corrected chi connectivity index (χ3v) is 7.55. The summed E-state index contributed by atoms with van der Waals surface area (Å²) in [4.78, 5) is 51.2. The van der Waals surface area contributed by atoms with Crippen molar-refractivity contribution < 1.29 is 39.6 Å². The predicted octanol–water partition coefficient (Wildman–Crippen LogP) is 0.865. The highest BCUT2D eigenvalue weighted by molar-refractivity contribution is 6.15. The predicted molar refractivity (Wildman–Crippen MR) is 136 cm³/mol. The molecule has 38 heavy (non-hydrogen) atoms. The monoisotopic (exact) mass is 525 g/mol. The number of rotatable bonds is 9. The zero-order chi connectivity index (χ0) is 27.9. The second kappa shape index (κ2) is 10.1. The van der Waals surface area contributed by atoms with Crippen molar-refractivity contribution in [2.24, 2.45) is 17.6 Å². The van der Waals surface area contributed by atoms with Gasteiger partial charge in [0.2, 0.25) is 5.91 Å². The van der Waals surface area contributed by atoms with Crippen molar-refractivity contribution in [3.63, 3.8) is 0 Å². The number of nitrogens with zero attached hydrogens (tertiary/aromatic N) is 2. The van der Waals surface area contributed by atoms with Gasteiger partial charge in [-0.25, -0.2) is 0 Å². The molecule has 0 radical (unpaired) electrons. The van der Waals surface area contributed by atoms with E-state index in [2.05, 4.69) is 0 Å². The largest absolute Gasteiger partial charge is 0.508 e. The Kier molecular flexibility index (Phi) is 7.18. The van der Waals surface area contributed by atoms with Gasteiger partial charge in [0, 0.05) is 61.4 Å². The molecule has 0 saturated heterocycles. The van der Waals surface area contributed by atoms with E-state index in [9.17, 15) is 39.6 Å². The maximum atomic E-state index is 13.9. The highest BCUT2D eigenvalue weighted by Crippen LogP contribution is 2.50. The summed E-state index contributed by atoms with van der Waals surface area (Å²) in [5, 5.41) is 43.5. The minimum absolute atomic E-state index is 0.0444. The van der Waals surface area contributed by atoms with Gasteiger partial charge in [0.25, 0.3) is 0 Å². The summed E-state index contributed by atoms with van der Waals surface area (Å²) in [7, 11) is 3.58. The fourth-order valence-corrected chi connectivity index (χ4v) is 5.77. The van der Waals surface area contributed by atoms with Crippen molar-refractivity contribution in [3.05, 3.63) is 58.1 Å². The number of phenolic OH excluding ortho intramolecular Hbond substituents is 1. The van der Waals surface area contributed by atoms with Gasteiger partial charge in [0.15, 0.2) is 23.5 Å². The molecule has 0 saturated carbocycles. The number of phenols is 1. The Morgan fingerprint density at radius 2 is 2.00 bits per heavy atom. The molecule has 0 bridgehead atoms. The first-order chi connectivity index (χ1) is 17.9. The van der Waals surface area contributed by atoms with Crippen LogP contribution in [0.25, 0.3) is 0 Å². The minimum Gasteiger partial charge on any atom is -0.508 e. The van der Waals surface area contributed by atoms with E-state index >= 15 is 0 Å². The first-order valence-corrected chi connectivity index (χ1v) is 12.2. The summed E-state index contributed by atoms with van der Waals surface area (Å²) in [5.74, 6) is -5.53. The molecular formula is C27H31N3O8. The van der Waals surface area contributed by atoms with Gasteiger partial charge in [-0.3, -0.25) is 19.2 Å². The number of aromatic hydroxyl groups is 1. The Labute approximate surface area is 218 Å². The number of hydrogen-bond donors (Lipinski definition) is 5. The molecule has 0 aliphatic heterocycles. The molecule has 11 nitrogen and oxygen atoms in total. The second-order valence-electron chi connectivity index (χ2n) is 10.2. The van der Waals surface area contributed by atoms with Gasteiger partial charge >= 0.3 is 0 Å². The van der Waals surface area contributed by atoms with Crippen LogP contribution in [-0.2, 0) is 22.6 Å². The summed E-state index contributed by atoms with van der Waals surface area (Å²) in [6.07, 6.45) is 3.35. The van der Waals surface area contributed by atoms with Crippen LogP contribution in [0.2, 0.25) is 0 Å². The van der Waals surface area contributed by atoms with Crippen molar-refractivity contribution in [3.8, 4) is 5.75 Å². The van der Waals surface area contributed by atoms with Gasteiger partial charge in [0.05, 0.1) is 18.5 Å². The number of allylic oxidation sites excluding steroid dienone is 1.